The molecule has 2 nitrogen and oxygen atoms in total. The summed E-state index contributed by atoms with van der Waals surface area (Å²) < 4.78 is 0. The minimum absolute atomic E-state index is 0.207. The summed E-state index contributed by atoms with van der Waals surface area (Å²) in [5, 5.41) is 0. The normalized spacial score (nSPS) is 14.3. The number of hydrogen-bond donors (Lipinski definition) is 0. The summed E-state index contributed by atoms with van der Waals surface area (Å²) in [6, 6.07) is 59.9. The molecule has 2 aliphatic carbocycles. The van der Waals surface area contributed by atoms with Gasteiger partial charge in [0.2, 0.25) is 0 Å². The first-order valence-electron chi connectivity index (χ1n) is 19.0. The lowest BCUT2D eigenvalue weighted by molar-refractivity contribution is 0.600. The molecule has 0 saturated carbocycles. The van der Waals surface area contributed by atoms with Crippen molar-refractivity contribution in [3.8, 4) is 22.3 Å². The first-order valence-corrected chi connectivity index (χ1v) is 19.0. The van der Waals surface area contributed by atoms with Crippen molar-refractivity contribution < 1.29 is 0 Å². The number of nitrogens with zero attached hydrogens (tertiary/aromatic N) is 2. The van der Waals surface area contributed by atoms with Crippen LogP contribution in [0, 0.1) is 0 Å². The third kappa shape index (κ3) is 5.15. The van der Waals surface area contributed by atoms with Gasteiger partial charge in [-0.2, -0.15) is 0 Å². The highest BCUT2D eigenvalue weighted by Gasteiger charge is 2.47. The molecule has 260 valence electrons. The fourth-order valence-corrected chi connectivity index (χ4v) is 9.24. The van der Waals surface area contributed by atoms with Crippen LogP contribution in [0.5, 0.6) is 0 Å². The Bertz CT molecular complexity index is 2380. The van der Waals surface area contributed by atoms with Gasteiger partial charge in [0.25, 0.3) is 0 Å². The van der Waals surface area contributed by atoms with Crippen LogP contribution in [-0.4, -0.2) is 0 Å². The van der Waals surface area contributed by atoms with Crippen LogP contribution in [0.15, 0.2) is 164 Å². The summed E-state index contributed by atoms with van der Waals surface area (Å²) in [5.74, 6) is 0.374. The highest BCUT2D eigenvalue weighted by Crippen LogP contribution is 2.61. The average Bonchev–Trinajstić information content (AvgIpc) is 3.55. The molecule has 0 bridgehead atoms. The molecule has 0 saturated heterocycles. The molecular formula is C51H46N2. The third-order valence-electron chi connectivity index (χ3n) is 11.7. The van der Waals surface area contributed by atoms with E-state index in [1.54, 1.807) is 0 Å². The maximum absolute atomic E-state index is 2.54. The lowest BCUT2D eigenvalue weighted by atomic mass is 9.71. The molecule has 9 rings (SSSR count). The predicted molar refractivity (Wildman–Crippen MR) is 225 cm³/mol. The van der Waals surface area contributed by atoms with E-state index in [-0.39, 0.29) is 10.8 Å². The van der Waals surface area contributed by atoms with E-state index in [9.17, 15) is 0 Å². The monoisotopic (exact) mass is 686 g/mol. The third-order valence-corrected chi connectivity index (χ3v) is 11.7. The van der Waals surface area contributed by atoms with Crippen molar-refractivity contribution >= 4 is 34.1 Å². The van der Waals surface area contributed by atoms with Crippen LogP contribution in [0.25, 0.3) is 22.3 Å². The molecule has 2 heteroatoms. The molecule has 0 fully saturated rings. The standard InChI is InChI=1S/C51H46N2/c1-34(2)43-33-44-41-29-27-39(52(35-19-11-7-12-20-35)36-21-13-8-14-22-36)31-45(41)50(3,4)48(44)49-47(43)42-30-28-40(32-46(42)51(49,5)6)53(37-23-15-9-16-24-37)38-25-17-10-18-26-38/h7-34H,1-6H3. The van der Waals surface area contributed by atoms with E-state index in [0.717, 1.165) is 22.7 Å². The van der Waals surface area contributed by atoms with E-state index in [1.807, 2.05) is 0 Å². The minimum Gasteiger partial charge on any atom is -0.310 e. The molecule has 2 aliphatic rings. The molecule has 0 heterocycles. The molecule has 0 aromatic heterocycles. The van der Waals surface area contributed by atoms with E-state index >= 15 is 0 Å². The molecule has 0 spiro atoms. The lowest BCUT2D eigenvalue weighted by Gasteiger charge is -2.32. The molecule has 53 heavy (non-hydrogen) atoms. The Labute approximate surface area is 315 Å². The number of fused-ring (bicyclic) bond motifs is 7. The second-order valence-corrected chi connectivity index (χ2v) is 16.0. The van der Waals surface area contributed by atoms with Crippen LogP contribution >= 0.6 is 0 Å². The van der Waals surface area contributed by atoms with E-state index < -0.39 is 0 Å². The van der Waals surface area contributed by atoms with Gasteiger partial charge in [-0.05, 0) is 135 Å². The Kier molecular flexibility index (Phi) is 7.71. The van der Waals surface area contributed by atoms with Gasteiger partial charge in [-0.25, -0.2) is 0 Å². The number of rotatable bonds is 7. The SMILES string of the molecule is CC(C)c1cc2c(c3c1-c1ccc(N(c4ccccc4)c4ccccc4)cc1C3(C)C)C(C)(C)c1cc(N(c3ccccc3)c3ccccc3)ccc1-2. The van der Waals surface area contributed by atoms with Gasteiger partial charge in [0.05, 0.1) is 0 Å². The van der Waals surface area contributed by atoms with Crippen LogP contribution in [0.1, 0.15) is 75.3 Å². The van der Waals surface area contributed by atoms with Gasteiger partial charge in [-0.3, -0.25) is 0 Å². The molecule has 7 aromatic rings. The van der Waals surface area contributed by atoms with Crippen molar-refractivity contribution in [3.05, 3.63) is 192 Å². The summed E-state index contributed by atoms with van der Waals surface area (Å²) in [7, 11) is 0. The van der Waals surface area contributed by atoms with Crippen LogP contribution in [0.3, 0.4) is 0 Å². The smallest absolute Gasteiger partial charge is 0.0465 e. The quantitative estimate of drug-likeness (QED) is 0.165. The van der Waals surface area contributed by atoms with Gasteiger partial charge in [0.15, 0.2) is 0 Å². The van der Waals surface area contributed by atoms with Crippen molar-refractivity contribution in [1.29, 1.82) is 0 Å². The maximum Gasteiger partial charge on any atom is 0.0465 e. The molecule has 0 radical (unpaired) electrons. The van der Waals surface area contributed by atoms with E-state index in [2.05, 4.69) is 215 Å². The van der Waals surface area contributed by atoms with Crippen molar-refractivity contribution in [2.45, 2.75) is 58.3 Å². The summed E-state index contributed by atoms with van der Waals surface area (Å²) in [5.41, 5.74) is 19.3. The zero-order valence-corrected chi connectivity index (χ0v) is 31.6. The second kappa shape index (κ2) is 12.4. The molecule has 0 N–H and O–H groups in total. The van der Waals surface area contributed by atoms with Gasteiger partial charge in [0, 0.05) is 45.0 Å². The van der Waals surface area contributed by atoms with Gasteiger partial charge >= 0.3 is 0 Å². The number of benzene rings is 7. The molecule has 0 atom stereocenters. The van der Waals surface area contributed by atoms with Crippen molar-refractivity contribution in [2.24, 2.45) is 0 Å². The van der Waals surface area contributed by atoms with E-state index in [0.29, 0.717) is 5.92 Å². The minimum atomic E-state index is -0.211. The highest BCUT2D eigenvalue weighted by molar-refractivity contribution is 5.95. The van der Waals surface area contributed by atoms with Crippen molar-refractivity contribution in [2.75, 3.05) is 9.80 Å². The number of para-hydroxylation sites is 4. The van der Waals surface area contributed by atoms with E-state index in [1.165, 1.54) is 61.4 Å². The maximum atomic E-state index is 2.54. The van der Waals surface area contributed by atoms with Gasteiger partial charge in [-0.15, -0.1) is 0 Å². The molecular weight excluding hydrogens is 641 g/mol. The summed E-state index contributed by atoms with van der Waals surface area (Å²) in [6.07, 6.45) is 0. The molecule has 7 aromatic carbocycles. The van der Waals surface area contributed by atoms with Crippen LogP contribution < -0.4 is 9.80 Å². The van der Waals surface area contributed by atoms with Gasteiger partial charge < -0.3 is 9.80 Å². The van der Waals surface area contributed by atoms with Crippen molar-refractivity contribution in [1.82, 2.24) is 0 Å². The molecule has 0 unspecified atom stereocenters. The Balaban J connectivity index is 1.22. The number of anilines is 6. The van der Waals surface area contributed by atoms with Gasteiger partial charge in [0.1, 0.15) is 0 Å². The Morgan fingerprint density at radius 2 is 0.755 bits per heavy atom. The van der Waals surface area contributed by atoms with Crippen LogP contribution in [-0.2, 0) is 10.8 Å². The zero-order chi connectivity index (χ0) is 36.5. The summed E-state index contributed by atoms with van der Waals surface area (Å²) >= 11 is 0. The Morgan fingerprint density at radius 1 is 0.377 bits per heavy atom. The Hall–Kier alpha value is -5.86. The average molecular weight is 687 g/mol. The first-order chi connectivity index (χ1) is 25.7. The van der Waals surface area contributed by atoms with Crippen molar-refractivity contribution in [3.63, 3.8) is 0 Å². The number of hydrogen-bond acceptors (Lipinski definition) is 2. The molecule has 0 amide bonds. The Morgan fingerprint density at radius 3 is 1.17 bits per heavy atom. The highest BCUT2D eigenvalue weighted by atomic mass is 15.1. The van der Waals surface area contributed by atoms with Crippen LogP contribution in [0.4, 0.5) is 34.1 Å². The second-order valence-electron chi connectivity index (χ2n) is 16.0. The largest absolute Gasteiger partial charge is 0.310 e. The molecule has 0 aliphatic heterocycles. The fourth-order valence-electron chi connectivity index (χ4n) is 9.24. The van der Waals surface area contributed by atoms with E-state index in [4.69, 9.17) is 0 Å². The summed E-state index contributed by atoms with van der Waals surface area (Å²) in [4.78, 5) is 4.77. The summed E-state index contributed by atoms with van der Waals surface area (Å²) in [6.45, 7) is 14.5. The van der Waals surface area contributed by atoms with Gasteiger partial charge in [-0.1, -0.05) is 126 Å². The zero-order valence-electron chi connectivity index (χ0n) is 31.6. The van der Waals surface area contributed by atoms with Crippen LogP contribution in [0.2, 0.25) is 0 Å². The first kappa shape index (κ1) is 33.0. The topological polar surface area (TPSA) is 6.48 Å². The fraction of sp³-hybridized carbons (Fsp3) is 0.176. The lowest BCUT2D eigenvalue weighted by Crippen LogP contribution is -2.25. The predicted octanol–water partition coefficient (Wildman–Crippen LogP) is 14.4.